The van der Waals surface area contributed by atoms with Gasteiger partial charge in [0.15, 0.2) is 0 Å². The average molecular weight is 241 g/mol. The molecule has 0 radical (unpaired) electrons. The Labute approximate surface area is 103 Å². The van der Waals surface area contributed by atoms with E-state index in [0.717, 1.165) is 19.6 Å². The molecule has 0 aromatic heterocycles. The van der Waals surface area contributed by atoms with Crippen molar-refractivity contribution in [3.05, 3.63) is 0 Å². The van der Waals surface area contributed by atoms with Crippen molar-refractivity contribution in [1.82, 2.24) is 4.90 Å². The summed E-state index contributed by atoms with van der Waals surface area (Å²) in [6.45, 7) is 12.3. The Morgan fingerprint density at radius 3 is 2.35 bits per heavy atom. The van der Waals surface area contributed by atoms with Crippen LogP contribution < -0.4 is 0 Å². The molecule has 1 amide bonds. The molecule has 2 fully saturated rings. The Bertz CT molecular complexity index is 326. The molecule has 2 saturated heterocycles. The highest BCUT2D eigenvalue weighted by Crippen LogP contribution is 2.50. The van der Waals surface area contributed by atoms with Crippen molar-refractivity contribution in [1.29, 1.82) is 0 Å². The zero-order valence-electron chi connectivity index (χ0n) is 11.5. The molecule has 0 saturated carbocycles. The van der Waals surface area contributed by atoms with E-state index in [1.807, 2.05) is 20.8 Å². The van der Waals surface area contributed by atoms with Gasteiger partial charge in [0.1, 0.15) is 11.2 Å². The van der Waals surface area contributed by atoms with Crippen molar-refractivity contribution in [2.75, 3.05) is 19.7 Å². The van der Waals surface area contributed by atoms with E-state index >= 15 is 0 Å². The monoisotopic (exact) mass is 241 g/mol. The fraction of sp³-hybridized carbons (Fsp3) is 0.923. The van der Waals surface area contributed by atoms with Crippen LogP contribution in [-0.4, -0.2) is 41.9 Å². The zero-order valence-corrected chi connectivity index (χ0v) is 11.5. The van der Waals surface area contributed by atoms with Crippen LogP contribution in [0.2, 0.25) is 0 Å². The van der Waals surface area contributed by atoms with Gasteiger partial charge >= 0.3 is 6.09 Å². The van der Waals surface area contributed by atoms with Crippen LogP contribution in [0.3, 0.4) is 0 Å². The van der Waals surface area contributed by atoms with Crippen molar-refractivity contribution in [3.8, 4) is 0 Å². The number of carbonyl (C=O) groups is 1. The molecule has 0 aliphatic carbocycles. The summed E-state index contributed by atoms with van der Waals surface area (Å²) >= 11 is 0. The molecule has 98 valence electrons. The van der Waals surface area contributed by atoms with Gasteiger partial charge in [0.25, 0.3) is 0 Å². The first-order valence-electron chi connectivity index (χ1n) is 6.27. The van der Waals surface area contributed by atoms with Gasteiger partial charge < -0.3 is 14.4 Å². The number of hydrogen-bond acceptors (Lipinski definition) is 3. The lowest BCUT2D eigenvalue weighted by molar-refractivity contribution is -0.0125. The molecular formula is C13H23NO3. The van der Waals surface area contributed by atoms with E-state index in [9.17, 15) is 4.79 Å². The highest BCUT2D eigenvalue weighted by atomic mass is 16.6. The molecule has 2 heterocycles. The molecule has 0 aromatic carbocycles. The van der Waals surface area contributed by atoms with Gasteiger partial charge in [0.2, 0.25) is 0 Å². The van der Waals surface area contributed by atoms with Crippen molar-refractivity contribution >= 4 is 6.09 Å². The quantitative estimate of drug-likeness (QED) is 0.612. The largest absolute Gasteiger partial charge is 0.444 e. The van der Waals surface area contributed by atoms with E-state index in [1.165, 1.54) is 0 Å². The van der Waals surface area contributed by atoms with Gasteiger partial charge in [-0.25, -0.2) is 4.79 Å². The topological polar surface area (TPSA) is 42.1 Å². The van der Waals surface area contributed by atoms with E-state index in [2.05, 4.69) is 13.8 Å². The molecular weight excluding hydrogens is 218 g/mol. The second kappa shape index (κ2) is 3.61. The Kier molecular flexibility index (Phi) is 2.69. The molecule has 0 aromatic rings. The summed E-state index contributed by atoms with van der Waals surface area (Å²) in [6, 6.07) is 0. The minimum atomic E-state index is -0.424. The Hall–Kier alpha value is -0.770. The third-order valence-corrected chi connectivity index (χ3v) is 3.75. The third kappa shape index (κ3) is 2.41. The van der Waals surface area contributed by atoms with Crippen molar-refractivity contribution < 1.29 is 14.3 Å². The number of nitrogens with zero attached hydrogens (tertiary/aromatic N) is 1. The molecule has 0 bridgehead atoms. The molecule has 17 heavy (non-hydrogen) atoms. The van der Waals surface area contributed by atoms with Gasteiger partial charge in [0, 0.05) is 18.5 Å². The van der Waals surface area contributed by atoms with Crippen molar-refractivity contribution in [2.24, 2.45) is 5.41 Å². The molecule has 0 N–H and O–H groups in total. The maximum atomic E-state index is 12.0. The second-order valence-electron chi connectivity index (χ2n) is 6.82. The van der Waals surface area contributed by atoms with E-state index in [0.29, 0.717) is 6.54 Å². The smallest absolute Gasteiger partial charge is 0.410 e. The summed E-state index contributed by atoms with van der Waals surface area (Å²) in [6.07, 6.45) is 0.709. The zero-order chi connectivity index (χ0) is 12.9. The number of ether oxygens (including phenoxy) is 2. The van der Waals surface area contributed by atoms with E-state index in [-0.39, 0.29) is 17.1 Å². The minimum Gasteiger partial charge on any atom is -0.444 e. The van der Waals surface area contributed by atoms with E-state index < -0.39 is 5.60 Å². The number of hydrogen-bond donors (Lipinski definition) is 0. The predicted octanol–water partition coefficient (Wildman–Crippen LogP) is 2.42. The highest BCUT2D eigenvalue weighted by Gasteiger charge is 2.59. The van der Waals surface area contributed by atoms with Crippen LogP contribution in [0.1, 0.15) is 41.0 Å². The van der Waals surface area contributed by atoms with Crippen LogP contribution in [0.4, 0.5) is 4.79 Å². The van der Waals surface area contributed by atoms with Gasteiger partial charge in [-0.2, -0.15) is 0 Å². The van der Waals surface area contributed by atoms with Crippen LogP contribution in [0.5, 0.6) is 0 Å². The third-order valence-electron chi connectivity index (χ3n) is 3.75. The molecule has 4 heteroatoms. The lowest BCUT2D eigenvalue weighted by Gasteiger charge is -2.42. The summed E-state index contributed by atoms with van der Waals surface area (Å²) in [4.78, 5) is 13.8. The average Bonchev–Trinajstić information content (AvgIpc) is 2.88. The first kappa shape index (κ1) is 12.7. The summed E-state index contributed by atoms with van der Waals surface area (Å²) < 4.78 is 11.0. The van der Waals surface area contributed by atoms with Crippen LogP contribution in [-0.2, 0) is 9.47 Å². The van der Waals surface area contributed by atoms with Gasteiger partial charge in [-0.15, -0.1) is 0 Å². The molecule has 0 unspecified atom stereocenters. The summed E-state index contributed by atoms with van der Waals surface area (Å²) in [5, 5.41) is 0. The van der Waals surface area contributed by atoms with Gasteiger partial charge in [0.05, 0.1) is 6.61 Å². The van der Waals surface area contributed by atoms with Gasteiger partial charge in [-0.05, 0) is 27.2 Å². The first-order chi connectivity index (χ1) is 7.65. The number of rotatable bonds is 0. The molecule has 1 atom stereocenters. The standard InChI is InChI=1S/C13H23NO3/c1-11(2,3)17-10(15)14-7-6-13(9-16-13)12(4,5)8-14/h6-9H2,1-5H3/t13-/m0/s1. The molecule has 1 spiro atoms. The molecule has 2 aliphatic rings. The van der Waals surface area contributed by atoms with Crippen molar-refractivity contribution in [3.63, 3.8) is 0 Å². The lowest BCUT2D eigenvalue weighted by atomic mass is 9.74. The second-order valence-corrected chi connectivity index (χ2v) is 6.82. The predicted molar refractivity (Wildman–Crippen MR) is 64.9 cm³/mol. The lowest BCUT2D eigenvalue weighted by Crippen LogP contribution is -2.53. The Morgan fingerprint density at radius 2 is 1.94 bits per heavy atom. The summed E-state index contributed by atoms with van der Waals surface area (Å²) in [5.74, 6) is 0. The van der Waals surface area contributed by atoms with Crippen LogP contribution in [0.15, 0.2) is 0 Å². The van der Waals surface area contributed by atoms with Crippen LogP contribution in [0.25, 0.3) is 0 Å². The van der Waals surface area contributed by atoms with Gasteiger partial charge in [-0.1, -0.05) is 13.8 Å². The SMILES string of the molecule is CC(C)(C)OC(=O)N1CC[C@]2(CO2)C(C)(C)C1. The fourth-order valence-corrected chi connectivity index (χ4v) is 2.46. The summed E-state index contributed by atoms with van der Waals surface area (Å²) in [7, 11) is 0. The minimum absolute atomic E-state index is 0.0160. The molecule has 4 nitrogen and oxygen atoms in total. The highest BCUT2D eigenvalue weighted by molar-refractivity contribution is 5.68. The number of amides is 1. The maximum absolute atomic E-state index is 12.0. The van der Waals surface area contributed by atoms with Crippen LogP contribution in [0, 0.1) is 5.41 Å². The number of carbonyl (C=O) groups excluding carboxylic acids is 1. The van der Waals surface area contributed by atoms with Gasteiger partial charge in [-0.3, -0.25) is 0 Å². The molecule has 2 aliphatic heterocycles. The summed E-state index contributed by atoms with van der Waals surface area (Å²) in [5.41, 5.74) is -0.389. The maximum Gasteiger partial charge on any atom is 0.410 e. The fourth-order valence-electron chi connectivity index (χ4n) is 2.46. The number of epoxide rings is 1. The van der Waals surface area contributed by atoms with E-state index in [1.54, 1.807) is 4.90 Å². The Morgan fingerprint density at radius 1 is 1.35 bits per heavy atom. The van der Waals surface area contributed by atoms with Crippen LogP contribution >= 0.6 is 0 Å². The number of piperidine rings is 1. The van der Waals surface area contributed by atoms with E-state index in [4.69, 9.17) is 9.47 Å². The van der Waals surface area contributed by atoms with Crippen molar-refractivity contribution in [2.45, 2.75) is 52.2 Å². The first-order valence-corrected chi connectivity index (χ1v) is 6.27. The number of likely N-dealkylation sites (tertiary alicyclic amines) is 1. The Balaban J connectivity index is 1.98. The normalized spacial score (nSPS) is 31.5. The molecule has 2 rings (SSSR count).